The highest BCUT2D eigenvalue weighted by Crippen LogP contribution is 2.26. The lowest BCUT2D eigenvalue weighted by Crippen LogP contribution is -2.06. The third-order valence-electron chi connectivity index (χ3n) is 1.75. The molecule has 0 aliphatic rings. The molecule has 1 aromatic heterocycles. The molecule has 0 aliphatic carbocycles. The Hall–Kier alpha value is -1.36. The molecule has 0 aliphatic heterocycles. The summed E-state index contributed by atoms with van der Waals surface area (Å²) in [5, 5.41) is 0. The maximum atomic E-state index is 13.4. The van der Waals surface area contributed by atoms with Crippen molar-refractivity contribution in [3.05, 3.63) is 27.7 Å². The number of benzene rings is 1. The van der Waals surface area contributed by atoms with Gasteiger partial charge in [-0.05, 0) is 19.9 Å². The fourth-order valence-electron chi connectivity index (χ4n) is 1.22. The number of fused-ring (bicyclic) bond motifs is 1. The van der Waals surface area contributed by atoms with Gasteiger partial charge in [-0.15, -0.1) is 0 Å². The number of hydrogen-bond donors (Lipinski definition) is 0. The van der Waals surface area contributed by atoms with Gasteiger partial charge in [-0.25, -0.2) is 9.18 Å². The first kappa shape index (κ1) is 10.2. The summed E-state index contributed by atoms with van der Waals surface area (Å²) in [5.41, 5.74) is 0.363. The molecule has 0 bridgehead atoms. The van der Waals surface area contributed by atoms with E-state index in [2.05, 4.69) is 0 Å². The van der Waals surface area contributed by atoms with Crippen LogP contribution in [0.5, 0.6) is 5.75 Å². The first-order valence-electron chi connectivity index (χ1n) is 4.46. The Bertz CT molecular complexity index is 541. The van der Waals surface area contributed by atoms with Gasteiger partial charge in [0.1, 0.15) is 0 Å². The average molecular weight is 228 g/mol. The summed E-state index contributed by atoms with van der Waals surface area (Å²) in [5.74, 6) is -0.368. The molecule has 0 fully saturated rings. The third-order valence-corrected chi connectivity index (χ3v) is 2.54. The van der Waals surface area contributed by atoms with Crippen LogP contribution in [0.2, 0.25) is 0 Å². The second-order valence-corrected chi connectivity index (χ2v) is 4.33. The highest BCUT2D eigenvalue weighted by Gasteiger charge is 2.11. The van der Waals surface area contributed by atoms with Gasteiger partial charge in [0, 0.05) is 6.07 Å². The molecule has 1 aromatic carbocycles. The number of rotatable bonds is 2. The van der Waals surface area contributed by atoms with Gasteiger partial charge in [0.15, 0.2) is 17.1 Å². The fraction of sp³-hybridized carbons (Fsp3) is 0.300. The molecular weight excluding hydrogens is 219 g/mol. The summed E-state index contributed by atoms with van der Waals surface area (Å²) in [4.78, 5) is 10.5. The Morgan fingerprint density at radius 3 is 2.87 bits per heavy atom. The van der Waals surface area contributed by atoms with Crippen LogP contribution < -0.4 is 9.68 Å². The maximum Gasteiger partial charge on any atom is 0.396 e. The predicted molar refractivity (Wildman–Crippen MR) is 56.1 cm³/mol. The average Bonchev–Trinajstić information content (AvgIpc) is 2.44. The number of hydrogen-bond acceptors (Lipinski definition) is 4. The highest BCUT2D eigenvalue weighted by molar-refractivity contribution is 7.16. The summed E-state index contributed by atoms with van der Waals surface area (Å²) < 4.78 is 24.0. The van der Waals surface area contributed by atoms with E-state index in [1.54, 1.807) is 13.8 Å². The van der Waals surface area contributed by atoms with Gasteiger partial charge in [0.25, 0.3) is 0 Å². The van der Waals surface area contributed by atoms with Crippen molar-refractivity contribution in [1.29, 1.82) is 0 Å². The van der Waals surface area contributed by atoms with Gasteiger partial charge in [-0.1, -0.05) is 11.3 Å². The Kier molecular flexibility index (Phi) is 2.48. The molecule has 2 aromatic rings. The van der Waals surface area contributed by atoms with E-state index in [4.69, 9.17) is 9.15 Å². The van der Waals surface area contributed by atoms with E-state index in [-0.39, 0.29) is 11.9 Å². The molecule has 0 unspecified atom stereocenters. The van der Waals surface area contributed by atoms with Gasteiger partial charge >= 0.3 is 4.94 Å². The van der Waals surface area contributed by atoms with Crippen molar-refractivity contribution in [2.24, 2.45) is 0 Å². The Morgan fingerprint density at radius 2 is 2.20 bits per heavy atom. The van der Waals surface area contributed by atoms with Gasteiger partial charge < -0.3 is 9.15 Å². The van der Waals surface area contributed by atoms with Crippen LogP contribution in [-0.4, -0.2) is 6.10 Å². The lowest BCUT2D eigenvalue weighted by atomic mass is 10.3. The molecule has 0 radical (unpaired) electrons. The van der Waals surface area contributed by atoms with Crippen LogP contribution in [0.25, 0.3) is 10.3 Å². The molecule has 5 heteroatoms. The van der Waals surface area contributed by atoms with E-state index in [9.17, 15) is 9.18 Å². The van der Waals surface area contributed by atoms with E-state index in [1.807, 2.05) is 0 Å². The topological polar surface area (TPSA) is 39.4 Å². The molecule has 0 N–H and O–H groups in total. The lowest BCUT2D eigenvalue weighted by Gasteiger charge is -2.09. The van der Waals surface area contributed by atoms with Crippen LogP contribution in [0.1, 0.15) is 13.8 Å². The molecule has 0 saturated heterocycles. The zero-order valence-corrected chi connectivity index (χ0v) is 9.06. The minimum Gasteiger partial charge on any atom is -0.488 e. The summed E-state index contributed by atoms with van der Waals surface area (Å²) >= 11 is 0.876. The van der Waals surface area contributed by atoms with Crippen LogP contribution in [-0.2, 0) is 0 Å². The van der Waals surface area contributed by atoms with Crippen molar-refractivity contribution < 1.29 is 13.5 Å². The molecule has 80 valence electrons. The molecule has 0 atom stereocenters. The number of ether oxygens (including phenoxy) is 1. The fourth-order valence-corrected chi connectivity index (χ4v) is 1.90. The smallest absolute Gasteiger partial charge is 0.396 e. The largest absolute Gasteiger partial charge is 0.488 e. The molecule has 0 amide bonds. The Morgan fingerprint density at radius 1 is 1.47 bits per heavy atom. The zero-order valence-electron chi connectivity index (χ0n) is 8.24. The normalized spacial score (nSPS) is 11.2. The lowest BCUT2D eigenvalue weighted by molar-refractivity contribution is 0.231. The van der Waals surface area contributed by atoms with Crippen molar-refractivity contribution in [3.63, 3.8) is 0 Å². The summed E-state index contributed by atoms with van der Waals surface area (Å²) in [7, 11) is 0. The minimum absolute atomic E-state index is 0.110. The van der Waals surface area contributed by atoms with Gasteiger partial charge in [-0.2, -0.15) is 0 Å². The zero-order chi connectivity index (χ0) is 11.0. The van der Waals surface area contributed by atoms with Gasteiger partial charge in [0.2, 0.25) is 0 Å². The first-order valence-corrected chi connectivity index (χ1v) is 5.28. The standard InChI is InChI=1S/C10H9FO3S/c1-5(2)13-7-4-8-9(3-6(7)11)15-10(12)14-8/h3-5H,1-2H3. The molecular formula is C10H9FO3S. The number of halogens is 1. The SMILES string of the molecule is CC(C)Oc1cc2oc(=O)sc2cc1F. The predicted octanol–water partition coefficient (Wildman–Crippen LogP) is 2.78. The molecule has 0 saturated carbocycles. The van der Waals surface area contributed by atoms with Crippen LogP contribution in [0, 0.1) is 5.82 Å². The van der Waals surface area contributed by atoms with Crippen LogP contribution in [0.4, 0.5) is 4.39 Å². The van der Waals surface area contributed by atoms with Crippen molar-refractivity contribution in [2.75, 3.05) is 0 Å². The highest BCUT2D eigenvalue weighted by atomic mass is 32.1. The summed E-state index contributed by atoms with van der Waals surface area (Å²) in [6.07, 6.45) is -0.123. The van der Waals surface area contributed by atoms with E-state index in [0.717, 1.165) is 11.3 Å². The quantitative estimate of drug-likeness (QED) is 0.793. The summed E-state index contributed by atoms with van der Waals surface area (Å²) in [6.45, 7) is 3.60. The van der Waals surface area contributed by atoms with Crippen molar-refractivity contribution in [2.45, 2.75) is 20.0 Å². The molecule has 15 heavy (non-hydrogen) atoms. The second-order valence-electron chi connectivity index (χ2n) is 3.35. The minimum atomic E-state index is -0.478. The third kappa shape index (κ3) is 2.02. The second kappa shape index (κ2) is 3.66. The Labute approximate surface area is 89.1 Å². The Balaban J connectivity index is 2.56. The van der Waals surface area contributed by atoms with E-state index in [1.165, 1.54) is 12.1 Å². The van der Waals surface area contributed by atoms with Gasteiger partial charge in [-0.3, -0.25) is 0 Å². The van der Waals surface area contributed by atoms with Crippen LogP contribution in [0.3, 0.4) is 0 Å². The van der Waals surface area contributed by atoms with Crippen molar-refractivity contribution in [3.8, 4) is 5.75 Å². The molecule has 0 spiro atoms. The maximum absolute atomic E-state index is 13.4. The van der Waals surface area contributed by atoms with Crippen LogP contribution in [0.15, 0.2) is 21.3 Å². The van der Waals surface area contributed by atoms with E-state index in [0.29, 0.717) is 10.3 Å². The van der Waals surface area contributed by atoms with Crippen molar-refractivity contribution >= 4 is 21.6 Å². The molecule has 3 nitrogen and oxygen atoms in total. The van der Waals surface area contributed by atoms with E-state index < -0.39 is 10.8 Å². The first-order chi connectivity index (χ1) is 7.06. The van der Waals surface area contributed by atoms with E-state index >= 15 is 0 Å². The van der Waals surface area contributed by atoms with Crippen LogP contribution >= 0.6 is 11.3 Å². The van der Waals surface area contributed by atoms with Crippen molar-refractivity contribution in [1.82, 2.24) is 0 Å². The molecule has 2 rings (SSSR count). The monoisotopic (exact) mass is 228 g/mol. The van der Waals surface area contributed by atoms with Gasteiger partial charge in [0.05, 0.1) is 10.8 Å². The molecule has 1 heterocycles. The summed E-state index contributed by atoms with van der Waals surface area (Å²) in [6, 6.07) is 2.66.